The quantitative estimate of drug-likeness (QED) is 0.210. The molecule has 0 aliphatic carbocycles. The minimum absolute atomic E-state index is 0.00517. The van der Waals surface area contributed by atoms with Crippen LogP contribution in [0.2, 0.25) is 0 Å². The number of sulfone groups is 2. The van der Waals surface area contributed by atoms with Crippen LogP contribution in [0.4, 0.5) is 0 Å². The SMILES string of the molecule is O=S(=O)(c1ccc(Oc2ccccc2COc2ccccc2S(=O)(=O)c2ccc(O)cc2)cc1)c1ccccc1O. The molecule has 2 N–H and O–H groups in total. The molecule has 5 rings (SSSR count). The normalized spacial score (nSPS) is 11.6. The molecule has 0 bridgehead atoms. The smallest absolute Gasteiger partial charge is 0.210 e. The summed E-state index contributed by atoms with van der Waals surface area (Å²) in [6, 6.07) is 30.1. The van der Waals surface area contributed by atoms with Crippen LogP contribution in [-0.4, -0.2) is 27.0 Å². The molecule has 41 heavy (non-hydrogen) atoms. The van der Waals surface area contributed by atoms with Crippen LogP contribution in [0.5, 0.6) is 28.7 Å². The highest BCUT2D eigenvalue weighted by atomic mass is 32.2. The van der Waals surface area contributed by atoms with Crippen molar-refractivity contribution in [3.8, 4) is 28.7 Å². The zero-order valence-electron chi connectivity index (χ0n) is 21.4. The second-order valence-corrected chi connectivity index (χ2v) is 12.7. The monoisotopic (exact) mass is 588 g/mol. The van der Waals surface area contributed by atoms with E-state index in [0.717, 1.165) is 0 Å². The second kappa shape index (κ2) is 11.4. The molecule has 5 aromatic rings. The van der Waals surface area contributed by atoms with Crippen LogP contribution in [0.1, 0.15) is 5.56 Å². The van der Waals surface area contributed by atoms with Crippen molar-refractivity contribution < 1.29 is 36.5 Å². The summed E-state index contributed by atoms with van der Waals surface area (Å²) in [5.74, 6) is 0.566. The lowest BCUT2D eigenvalue weighted by molar-refractivity contribution is 0.292. The number of benzene rings is 5. The molecule has 0 atom stereocenters. The summed E-state index contributed by atoms with van der Waals surface area (Å²) < 4.78 is 64.3. The topological polar surface area (TPSA) is 127 Å². The van der Waals surface area contributed by atoms with Crippen molar-refractivity contribution in [1.82, 2.24) is 0 Å². The van der Waals surface area contributed by atoms with Gasteiger partial charge in [-0.15, -0.1) is 0 Å². The predicted octanol–water partition coefficient (Wildman–Crippen LogP) is 6.13. The van der Waals surface area contributed by atoms with Gasteiger partial charge in [-0.05, 0) is 78.9 Å². The van der Waals surface area contributed by atoms with Crippen LogP contribution < -0.4 is 9.47 Å². The van der Waals surface area contributed by atoms with E-state index in [1.54, 1.807) is 48.5 Å². The first-order valence-corrected chi connectivity index (χ1v) is 15.3. The average molecular weight is 589 g/mol. The molecule has 0 heterocycles. The van der Waals surface area contributed by atoms with Crippen LogP contribution in [0.25, 0.3) is 0 Å². The number of hydrogen-bond donors (Lipinski definition) is 2. The van der Waals surface area contributed by atoms with Crippen LogP contribution in [0.15, 0.2) is 141 Å². The standard InChI is InChI=1S/C31H24O8S2/c32-23-13-17-25(18-14-23)41(36,37)31-12-6-4-10-29(31)38-21-22-7-1-3-9-28(22)39-24-15-19-26(20-16-24)40(34,35)30-11-5-2-8-27(30)33/h1-20,32-33H,21H2. The first-order valence-electron chi connectivity index (χ1n) is 12.3. The number of ether oxygens (including phenoxy) is 2. The lowest BCUT2D eigenvalue weighted by Gasteiger charge is -2.15. The van der Waals surface area contributed by atoms with Gasteiger partial charge in [-0.2, -0.15) is 0 Å². The molecule has 0 saturated carbocycles. The van der Waals surface area contributed by atoms with E-state index in [9.17, 15) is 27.0 Å². The van der Waals surface area contributed by atoms with Crippen molar-refractivity contribution in [1.29, 1.82) is 0 Å². The Morgan fingerprint density at radius 3 is 1.71 bits per heavy atom. The maximum absolute atomic E-state index is 13.2. The number of rotatable bonds is 9. The minimum Gasteiger partial charge on any atom is -0.508 e. The van der Waals surface area contributed by atoms with Crippen molar-refractivity contribution in [3.63, 3.8) is 0 Å². The van der Waals surface area contributed by atoms with Gasteiger partial charge in [-0.3, -0.25) is 0 Å². The van der Waals surface area contributed by atoms with E-state index in [-0.39, 0.29) is 43.4 Å². The highest BCUT2D eigenvalue weighted by Crippen LogP contribution is 2.33. The lowest BCUT2D eigenvalue weighted by Crippen LogP contribution is -2.06. The molecule has 10 heteroatoms. The second-order valence-electron chi connectivity index (χ2n) is 8.89. The number of para-hydroxylation sites is 3. The van der Waals surface area contributed by atoms with Crippen LogP contribution in [-0.2, 0) is 26.3 Å². The Morgan fingerprint density at radius 1 is 0.537 bits per heavy atom. The molecular weight excluding hydrogens is 564 g/mol. The van der Waals surface area contributed by atoms with E-state index in [1.165, 1.54) is 72.8 Å². The Bertz CT molecular complexity index is 1900. The fourth-order valence-corrected chi connectivity index (χ4v) is 6.79. The Morgan fingerprint density at radius 2 is 1.05 bits per heavy atom. The van der Waals surface area contributed by atoms with Gasteiger partial charge >= 0.3 is 0 Å². The number of aromatic hydroxyl groups is 2. The summed E-state index contributed by atoms with van der Waals surface area (Å²) >= 11 is 0. The number of phenols is 2. The van der Waals surface area contributed by atoms with Crippen LogP contribution >= 0.6 is 0 Å². The molecule has 0 unspecified atom stereocenters. The highest BCUT2D eigenvalue weighted by Gasteiger charge is 2.23. The van der Waals surface area contributed by atoms with Gasteiger partial charge in [0.2, 0.25) is 19.7 Å². The third-order valence-electron chi connectivity index (χ3n) is 6.16. The summed E-state index contributed by atoms with van der Waals surface area (Å²) in [7, 11) is -7.85. The maximum Gasteiger partial charge on any atom is 0.210 e. The van der Waals surface area contributed by atoms with E-state index >= 15 is 0 Å². The Balaban J connectivity index is 1.35. The largest absolute Gasteiger partial charge is 0.508 e. The van der Waals surface area contributed by atoms with E-state index in [4.69, 9.17) is 9.47 Å². The zero-order chi connectivity index (χ0) is 29.0. The summed E-state index contributed by atoms with van der Waals surface area (Å²) in [4.78, 5) is -0.202. The lowest BCUT2D eigenvalue weighted by atomic mass is 10.2. The summed E-state index contributed by atoms with van der Waals surface area (Å²) in [6.45, 7) is -0.0158. The molecule has 0 aliphatic rings. The Labute approximate surface area is 237 Å². The van der Waals surface area contributed by atoms with E-state index in [2.05, 4.69) is 0 Å². The number of phenolic OH excluding ortho intramolecular Hbond substituents is 2. The first-order chi connectivity index (χ1) is 19.7. The maximum atomic E-state index is 13.2. The van der Waals surface area contributed by atoms with Gasteiger partial charge in [-0.25, -0.2) is 16.8 Å². The molecule has 208 valence electrons. The molecule has 0 amide bonds. The van der Waals surface area contributed by atoms with Gasteiger partial charge in [-0.1, -0.05) is 42.5 Å². The first kappa shape index (κ1) is 27.8. The van der Waals surface area contributed by atoms with E-state index < -0.39 is 19.7 Å². The molecule has 0 spiro atoms. The van der Waals surface area contributed by atoms with Gasteiger partial charge in [0.1, 0.15) is 45.1 Å². The van der Waals surface area contributed by atoms with Gasteiger partial charge in [0.25, 0.3) is 0 Å². The third kappa shape index (κ3) is 5.88. The van der Waals surface area contributed by atoms with Crippen LogP contribution in [0.3, 0.4) is 0 Å². The molecule has 0 radical (unpaired) electrons. The molecule has 0 saturated heterocycles. The molecular formula is C31H24O8S2. The van der Waals surface area contributed by atoms with E-state index in [0.29, 0.717) is 17.1 Å². The Hall–Kier alpha value is -4.80. The van der Waals surface area contributed by atoms with E-state index in [1.807, 2.05) is 0 Å². The van der Waals surface area contributed by atoms with Gasteiger partial charge in [0.05, 0.1) is 9.79 Å². The van der Waals surface area contributed by atoms with Crippen LogP contribution in [0, 0.1) is 0 Å². The van der Waals surface area contributed by atoms with Crippen molar-refractivity contribution >= 4 is 19.7 Å². The van der Waals surface area contributed by atoms with Gasteiger partial charge < -0.3 is 19.7 Å². The zero-order valence-corrected chi connectivity index (χ0v) is 23.0. The molecule has 8 nitrogen and oxygen atoms in total. The fourth-order valence-electron chi connectivity index (χ4n) is 4.05. The van der Waals surface area contributed by atoms with Crippen molar-refractivity contribution in [3.05, 3.63) is 127 Å². The molecule has 5 aromatic carbocycles. The summed E-state index contributed by atoms with van der Waals surface area (Å²) in [5, 5.41) is 19.5. The molecule has 0 aliphatic heterocycles. The predicted molar refractivity (Wildman–Crippen MR) is 151 cm³/mol. The average Bonchev–Trinajstić information content (AvgIpc) is 2.97. The highest BCUT2D eigenvalue weighted by molar-refractivity contribution is 7.92. The minimum atomic E-state index is -3.93. The number of hydrogen-bond acceptors (Lipinski definition) is 8. The molecule has 0 fully saturated rings. The van der Waals surface area contributed by atoms with Gasteiger partial charge in [0.15, 0.2) is 0 Å². The van der Waals surface area contributed by atoms with Crippen molar-refractivity contribution in [2.45, 2.75) is 26.2 Å². The third-order valence-corrected chi connectivity index (χ3v) is 9.78. The van der Waals surface area contributed by atoms with Crippen molar-refractivity contribution in [2.75, 3.05) is 0 Å². The Kier molecular flexibility index (Phi) is 7.69. The summed E-state index contributed by atoms with van der Waals surface area (Å²) in [5.41, 5.74) is 0.621. The molecule has 0 aromatic heterocycles. The summed E-state index contributed by atoms with van der Waals surface area (Å²) in [6.07, 6.45) is 0. The fraction of sp³-hybridized carbons (Fsp3) is 0.0323. The van der Waals surface area contributed by atoms with Crippen molar-refractivity contribution in [2.24, 2.45) is 0 Å². The van der Waals surface area contributed by atoms with Gasteiger partial charge in [0, 0.05) is 5.56 Å².